The van der Waals surface area contributed by atoms with Gasteiger partial charge in [-0.1, -0.05) is 36.0 Å². The van der Waals surface area contributed by atoms with Crippen molar-refractivity contribution >= 4 is 34.4 Å². The Morgan fingerprint density at radius 3 is 2.58 bits per heavy atom. The minimum absolute atomic E-state index is 0.0194. The van der Waals surface area contributed by atoms with Crippen LogP contribution in [0.1, 0.15) is 23.6 Å². The molecule has 0 saturated heterocycles. The predicted octanol–water partition coefficient (Wildman–Crippen LogP) is 4.61. The van der Waals surface area contributed by atoms with Gasteiger partial charge in [0.25, 0.3) is 0 Å². The molecule has 0 aliphatic carbocycles. The first-order valence-corrected chi connectivity index (χ1v) is 8.82. The van der Waals surface area contributed by atoms with Gasteiger partial charge < -0.3 is 10.3 Å². The van der Waals surface area contributed by atoms with Crippen molar-refractivity contribution < 1.29 is 4.79 Å². The van der Waals surface area contributed by atoms with Crippen LogP contribution in [0.2, 0.25) is 0 Å². The summed E-state index contributed by atoms with van der Waals surface area (Å²) in [6.45, 7) is 7.95. The molecule has 0 aliphatic rings. The average molecular weight is 339 g/mol. The normalized spacial score (nSPS) is 12.3. The van der Waals surface area contributed by atoms with Gasteiger partial charge in [0, 0.05) is 5.69 Å². The standard InChI is InChI=1S/C19H21N3OS/c1-11-8-9-15-16(10-11)21-19(20-15)24-14(4)18(23)22-17-12(2)6-5-7-13(17)3/h5-10,14H,1-4H3,(H,20,21)(H,22,23). The van der Waals surface area contributed by atoms with Crippen molar-refractivity contribution in [2.24, 2.45) is 0 Å². The van der Waals surface area contributed by atoms with Crippen LogP contribution in [0, 0.1) is 20.8 Å². The third-order valence-corrected chi connectivity index (χ3v) is 4.99. The number of aromatic nitrogens is 2. The zero-order valence-electron chi connectivity index (χ0n) is 14.3. The number of hydrogen-bond donors (Lipinski definition) is 2. The number of benzene rings is 2. The van der Waals surface area contributed by atoms with Crippen LogP contribution in [0.15, 0.2) is 41.6 Å². The number of aromatic amines is 1. The smallest absolute Gasteiger partial charge is 0.237 e. The van der Waals surface area contributed by atoms with Crippen molar-refractivity contribution in [3.05, 3.63) is 53.1 Å². The van der Waals surface area contributed by atoms with E-state index in [1.807, 2.05) is 58.0 Å². The number of para-hydroxylation sites is 1. The van der Waals surface area contributed by atoms with E-state index in [0.29, 0.717) is 0 Å². The van der Waals surface area contributed by atoms with Gasteiger partial charge in [0.15, 0.2) is 5.16 Å². The lowest BCUT2D eigenvalue weighted by molar-refractivity contribution is -0.115. The van der Waals surface area contributed by atoms with Gasteiger partial charge in [0.1, 0.15) is 0 Å². The van der Waals surface area contributed by atoms with Gasteiger partial charge >= 0.3 is 0 Å². The number of rotatable bonds is 4. The number of carbonyl (C=O) groups is 1. The maximum absolute atomic E-state index is 12.5. The van der Waals surface area contributed by atoms with Crippen LogP contribution in [0.25, 0.3) is 11.0 Å². The number of aryl methyl sites for hydroxylation is 3. The fraction of sp³-hybridized carbons (Fsp3) is 0.263. The van der Waals surface area contributed by atoms with Gasteiger partial charge in [-0.25, -0.2) is 4.98 Å². The summed E-state index contributed by atoms with van der Waals surface area (Å²) in [5.74, 6) is -0.0194. The van der Waals surface area contributed by atoms with Crippen molar-refractivity contribution in [3.8, 4) is 0 Å². The number of imidazole rings is 1. The molecule has 0 saturated carbocycles. The van der Waals surface area contributed by atoms with Gasteiger partial charge in [-0.15, -0.1) is 0 Å². The van der Waals surface area contributed by atoms with Crippen molar-refractivity contribution in [2.75, 3.05) is 5.32 Å². The van der Waals surface area contributed by atoms with Crippen LogP contribution in [-0.2, 0) is 4.79 Å². The molecule has 4 nitrogen and oxygen atoms in total. The maximum Gasteiger partial charge on any atom is 0.237 e. The molecule has 2 N–H and O–H groups in total. The Morgan fingerprint density at radius 2 is 1.88 bits per heavy atom. The van der Waals surface area contributed by atoms with E-state index in [4.69, 9.17) is 0 Å². The number of carbonyl (C=O) groups excluding carboxylic acids is 1. The molecule has 1 heterocycles. The molecule has 3 rings (SSSR count). The second-order valence-corrected chi connectivity index (χ2v) is 7.41. The zero-order valence-corrected chi connectivity index (χ0v) is 15.1. The first-order valence-electron chi connectivity index (χ1n) is 7.94. The summed E-state index contributed by atoms with van der Waals surface area (Å²) in [6, 6.07) is 12.1. The molecule has 0 spiro atoms. The van der Waals surface area contributed by atoms with Crippen molar-refractivity contribution in [1.29, 1.82) is 0 Å². The molecule has 1 unspecified atom stereocenters. The number of thioether (sulfide) groups is 1. The summed E-state index contributed by atoms with van der Waals surface area (Å²) in [6.07, 6.45) is 0. The van der Waals surface area contributed by atoms with Gasteiger partial charge in [0.05, 0.1) is 16.3 Å². The predicted molar refractivity (Wildman–Crippen MR) is 101 cm³/mol. The summed E-state index contributed by atoms with van der Waals surface area (Å²) >= 11 is 1.44. The second-order valence-electron chi connectivity index (χ2n) is 6.08. The molecule has 2 aromatic carbocycles. The highest BCUT2D eigenvalue weighted by Gasteiger charge is 2.18. The third-order valence-electron chi connectivity index (χ3n) is 4.00. The van der Waals surface area contributed by atoms with E-state index in [9.17, 15) is 4.79 Å². The quantitative estimate of drug-likeness (QED) is 0.683. The Morgan fingerprint density at radius 1 is 1.17 bits per heavy atom. The Kier molecular flexibility index (Phi) is 4.62. The molecule has 0 bridgehead atoms. The Bertz CT molecular complexity index is 881. The first-order chi connectivity index (χ1) is 11.4. The fourth-order valence-electron chi connectivity index (χ4n) is 2.61. The minimum atomic E-state index is -0.245. The van der Waals surface area contributed by atoms with E-state index in [0.717, 1.165) is 33.0 Å². The molecular weight excluding hydrogens is 318 g/mol. The number of H-pyrrole nitrogens is 1. The van der Waals surface area contributed by atoms with Gasteiger partial charge in [0.2, 0.25) is 5.91 Å². The maximum atomic E-state index is 12.5. The number of amides is 1. The molecule has 0 aliphatic heterocycles. The molecule has 0 radical (unpaired) electrons. The molecule has 124 valence electrons. The summed E-state index contributed by atoms with van der Waals surface area (Å²) in [5.41, 5.74) is 6.14. The molecule has 0 fully saturated rings. The van der Waals surface area contributed by atoms with E-state index in [2.05, 4.69) is 21.4 Å². The number of hydrogen-bond acceptors (Lipinski definition) is 3. The number of nitrogens with zero attached hydrogens (tertiary/aromatic N) is 1. The van der Waals surface area contributed by atoms with Crippen LogP contribution < -0.4 is 5.32 Å². The van der Waals surface area contributed by atoms with E-state index >= 15 is 0 Å². The van der Waals surface area contributed by atoms with Crippen molar-refractivity contribution in [1.82, 2.24) is 9.97 Å². The molecule has 5 heteroatoms. The summed E-state index contributed by atoms with van der Waals surface area (Å²) in [7, 11) is 0. The Labute approximate surface area is 146 Å². The lowest BCUT2D eigenvalue weighted by Gasteiger charge is -2.14. The van der Waals surface area contributed by atoms with E-state index in [1.165, 1.54) is 17.3 Å². The highest BCUT2D eigenvalue weighted by atomic mass is 32.2. The van der Waals surface area contributed by atoms with Gasteiger partial charge in [-0.05, 0) is 56.5 Å². The topological polar surface area (TPSA) is 57.8 Å². The highest BCUT2D eigenvalue weighted by molar-refractivity contribution is 8.00. The molecule has 3 aromatic rings. The van der Waals surface area contributed by atoms with E-state index in [1.54, 1.807) is 0 Å². The molecule has 24 heavy (non-hydrogen) atoms. The summed E-state index contributed by atoms with van der Waals surface area (Å²) in [5, 5.41) is 3.56. The van der Waals surface area contributed by atoms with Crippen molar-refractivity contribution in [2.45, 2.75) is 38.1 Å². The molecule has 1 aromatic heterocycles. The second kappa shape index (κ2) is 6.69. The van der Waals surface area contributed by atoms with Crippen LogP contribution >= 0.6 is 11.8 Å². The lowest BCUT2D eigenvalue weighted by atomic mass is 10.1. The van der Waals surface area contributed by atoms with E-state index < -0.39 is 0 Å². The number of anilines is 1. The first kappa shape index (κ1) is 16.6. The van der Waals surface area contributed by atoms with Crippen LogP contribution in [0.5, 0.6) is 0 Å². The highest BCUT2D eigenvalue weighted by Crippen LogP contribution is 2.26. The number of nitrogens with one attached hydrogen (secondary N) is 2. The summed E-state index contributed by atoms with van der Waals surface area (Å²) < 4.78 is 0. The van der Waals surface area contributed by atoms with Crippen LogP contribution in [0.3, 0.4) is 0 Å². The van der Waals surface area contributed by atoms with Gasteiger partial charge in [-0.2, -0.15) is 0 Å². The molecule has 1 atom stereocenters. The lowest BCUT2D eigenvalue weighted by Crippen LogP contribution is -2.23. The SMILES string of the molecule is Cc1ccc2nc(SC(C)C(=O)Nc3c(C)cccc3C)[nH]c2c1. The largest absolute Gasteiger partial charge is 0.333 e. The zero-order chi connectivity index (χ0) is 17.3. The van der Waals surface area contributed by atoms with Crippen LogP contribution in [-0.4, -0.2) is 21.1 Å². The van der Waals surface area contributed by atoms with Crippen LogP contribution in [0.4, 0.5) is 5.69 Å². The minimum Gasteiger partial charge on any atom is -0.333 e. The van der Waals surface area contributed by atoms with Crippen molar-refractivity contribution in [3.63, 3.8) is 0 Å². The van der Waals surface area contributed by atoms with Gasteiger partial charge in [-0.3, -0.25) is 4.79 Å². The average Bonchev–Trinajstić information content (AvgIpc) is 2.92. The summed E-state index contributed by atoms with van der Waals surface area (Å²) in [4.78, 5) is 20.3. The molecule has 1 amide bonds. The monoisotopic (exact) mass is 339 g/mol. The fourth-order valence-corrected chi connectivity index (χ4v) is 3.43. The van der Waals surface area contributed by atoms with E-state index in [-0.39, 0.29) is 11.2 Å². The Balaban J connectivity index is 1.73. The molecular formula is C19H21N3OS. The third kappa shape index (κ3) is 3.46. The number of fused-ring (bicyclic) bond motifs is 1. The Hall–Kier alpha value is -2.27.